The fourth-order valence-electron chi connectivity index (χ4n) is 2.03. The summed E-state index contributed by atoms with van der Waals surface area (Å²) in [5, 5.41) is 3.04. The Balaban J connectivity index is 2.00. The zero-order valence-corrected chi connectivity index (χ0v) is 14.5. The topological polar surface area (TPSA) is 62.6 Å². The Morgan fingerprint density at radius 3 is 2.57 bits per heavy atom. The van der Waals surface area contributed by atoms with Crippen molar-refractivity contribution in [2.45, 2.75) is 0 Å². The maximum atomic E-state index is 12.7. The zero-order chi connectivity index (χ0) is 16.6. The van der Waals surface area contributed by atoms with Crippen LogP contribution in [0.15, 0.2) is 51.1 Å². The van der Waals surface area contributed by atoms with E-state index < -0.39 is 11.8 Å². The summed E-state index contributed by atoms with van der Waals surface area (Å²) in [6.45, 7) is 0. The molecule has 1 N–H and O–H groups in total. The summed E-state index contributed by atoms with van der Waals surface area (Å²) in [5.74, 6) is -0.731. The predicted octanol–water partition coefficient (Wildman–Crippen LogP) is 3.53. The van der Waals surface area contributed by atoms with Crippen LogP contribution in [0.25, 0.3) is 6.08 Å². The molecule has 0 unspecified atom stereocenters. The Bertz CT molecular complexity index is 845. The van der Waals surface area contributed by atoms with E-state index in [2.05, 4.69) is 21.2 Å². The maximum absolute atomic E-state index is 12.7. The molecule has 1 aromatic carbocycles. The van der Waals surface area contributed by atoms with Gasteiger partial charge in [0.1, 0.15) is 17.6 Å². The third kappa shape index (κ3) is 3.21. The Hall–Kier alpha value is -1.96. The van der Waals surface area contributed by atoms with E-state index in [4.69, 9.17) is 28.2 Å². The number of benzene rings is 1. The average Bonchev–Trinajstić information content (AvgIpc) is 2.91. The minimum absolute atomic E-state index is 0.0140. The summed E-state index contributed by atoms with van der Waals surface area (Å²) in [4.78, 5) is 26.0. The highest BCUT2D eigenvalue weighted by atomic mass is 79.9. The van der Waals surface area contributed by atoms with Gasteiger partial charge in [-0.1, -0.05) is 11.6 Å². The molecule has 2 heterocycles. The second-order valence-corrected chi connectivity index (χ2v) is 6.34. The lowest BCUT2D eigenvalue weighted by atomic mass is 10.1. The molecule has 23 heavy (non-hydrogen) atoms. The molecule has 1 aliphatic rings. The molecule has 0 saturated carbocycles. The maximum Gasteiger partial charge on any atom is 0.270 e. The third-order valence-corrected chi connectivity index (χ3v) is 4.01. The quantitative estimate of drug-likeness (QED) is 0.466. The molecule has 1 aliphatic heterocycles. The molecular weight excluding hydrogens is 404 g/mol. The van der Waals surface area contributed by atoms with E-state index in [9.17, 15) is 9.59 Å². The molecule has 1 aromatic heterocycles. The fraction of sp³-hybridized carbons (Fsp3) is 0. The molecule has 0 spiro atoms. The lowest BCUT2D eigenvalue weighted by molar-refractivity contribution is -0.122. The van der Waals surface area contributed by atoms with Crippen molar-refractivity contribution in [1.29, 1.82) is 0 Å². The average molecular weight is 412 g/mol. The van der Waals surface area contributed by atoms with Crippen LogP contribution in [0.1, 0.15) is 5.76 Å². The Kier molecular flexibility index (Phi) is 4.34. The first-order valence-electron chi connectivity index (χ1n) is 6.37. The van der Waals surface area contributed by atoms with Gasteiger partial charge >= 0.3 is 0 Å². The lowest BCUT2D eigenvalue weighted by Crippen LogP contribution is -2.54. The van der Waals surface area contributed by atoms with Gasteiger partial charge in [0.25, 0.3) is 11.8 Å². The molecule has 0 bridgehead atoms. The van der Waals surface area contributed by atoms with Crippen molar-refractivity contribution in [3.63, 3.8) is 0 Å². The largest absolute Gasteiger partial charge is 0.464 e. The van der Waals surface area contributed by atoms with Crippen molar-refractivity contribution in [1.82, 2.24) is 5.32 Å². The molecule has 2 aromatic rings. The molecule has 0 radical (unpaired) electrons. The molecule has 1 fully saturated rings. The van der Waals surface area contributed by atoms with Gasteiger partial charge in [-0.15, -0.1) is 0 Å². The van der Waals surface area contributed by atoms with Gasteiger partial charge in [-0.3, -0.25) is 19.8 Å². The highest BCUT2D eigenvalue weighted by Crippen LogP contribution is 2.24. The number of hydrogen-bond acceptors (Lipinski definition) is 4. The second-order valence-electron chi connectivity index (χ2n) is 4.60. The van der Waals surface area contributed by atoms with Crippen molar-refractivity contribution in [2.75, 3.05) is 4.90 Å². The van der Waals surface area contributed by atoms with Crippen LogP contribution in [0.3, 0.4) is 0 Å². The van der Waals surface area contributed by atoms with E-state index in [0.29, 0.717) is 20.9 Å². The number of thiocarbonyl (C=S) groups is 1. The van der Waals surface area contributed by atoms with Crippen molar-refractivity contribution in [3.8, 4) is 0 Å². The van der Waals surface area contributed by atoms with Crippen LogP contribution in [-0.4, -0.2) is 16.9 Å². The standard InChI is InChI=1S/C15H8BrClN2O3S/c16-8-5-11(22-7-8)6-12-13(20)18-15(23)19(14(12)21)10-3-1-9(17)2-4-10/h1-7H,(H,18,20,23)/b12-6+. The summed E-state index contributed by atoms with van der Waals surface area (Å²) in [6, 6.07) is 8.20. The molecule has 116 valence electrons. The molecule has 0 atom stereocenters. The fourth-order valence-corrected chi connectivity index (χ4v) is 2.75. The van der Waals surface area contributed by atoms with E-state index in [1.54, 1.807) is 30.3 Å². The van der Waals surface area contributed by atoms with E-state index in [-0.39, 0.29) is 10.7 Å². The van der Waals surface area contributed by atoms with Crippen LogP contribution in [0.4, 0.5) is 5.69 Å². The van der Waals surface area contributed by atoms with Crippen LogP contribution in [-0.2, 0) is 9.59 Å². The first-order chi connectivity index (χ1) is 11.0. The zero-order valence-electron chi connectivity index (χ0n) is 11.4. The smallest absolute Gasteiger partial charge is 0.270 e. The second kappa shape index (κ2) is 6.27. The Labute approximate surface area is 150 Å². The molecule has 0 aliphatic carbocycles. The van der Waals surface area contributed by atoms with E-state index >= 15 is 0 Å². The van der Waals surface area contributed by atoms with Crippen LogP contribution in [0, 0.1) is 0 Å². The van der Waals surface area contributed by atoms with E-state index in [0.717, 1.165) is 0 Å². The normalized spacial score (nSPS) is 16.9. The van der Waals surface area contributed by atoms with Crippen molar-refractivity contribution in [2.24, 2.45) is 0 Å². The van der Waals surface area contributed by atoms with Gasteiger partial charge in [0, 0.05) is 5.02 Å². The lowest BCUT2D eigenvalue weighted by Gasteiger charge is -2.28. The van der Waals surface area contributed by atoms with Gasteiger partial charge in [-0.05, 0) is 64.6 Å². The summed E-state index contributed by atoms with van der Waals surface area (Å²) >= 11 is 14.2. The third-order valence-electron chi connectivity index (χ3n) is 3.06. The van der Waals surface area contributed by atoms with Crippen molar-refractivity contribution >= 4 is 68.4 Å². The Morgan fingerprint density at radius 2 is 1.96 bits per heavy atom. The number of nitrogens with one attached hydrogen (secondary N) is 1. The van der Waals surface area contributed by atoms with Gasteiger partial charge in [0.15, 0.2) is 5.11 Å². The summed E-state index contributed by atoms with van der Waals surface area (Å²) in [7, 11) is 0. The summed E-state index contributed by atoms with van der Waals surface area (Å²) in [6.07, 6.45) is 2.83. The number of carbonyl (C=O) groups excluding carboxylic acids is 2. The number of hydrogen-bond donors (Lipinski definition) is 1. The number of furan rings is 1. The monoisotopic (exact) mass is 410 g/mol. The number of carbonyl (C=O) groups is 2. The van der Waals surface area contributed by atoms with Crippen LogP contribution < -0.4 is 10.2 Å². The number of amides is 2. The predicted molar refractivity (Wildman–Crippen MR) is 94.1 cm³/mol. The number of nitrogens with zero attached hydrogens (tertiary/aromatic N) is 1. The molecule has 5 nitrogen and oxygen atoms in total. The molecular formula is C15H8BrClN2O3S. The van der Waals surface area contributed by atoms with E-state index in [1.165, 1.54) is 17.2 Å². The molecule has 1 saturated heterocycles. The van der Waals surface area contributed by atoms with Crippen LogP contribution in [0.2, 0.25) is 5.02 Å². The molecule has 3 rings (SSSR count). The summed E-state index contributed by atoms with van der Waals surface area (Å²) < 4.78 is 5.93. The highest BCUT2D eigenvalue weighted by molar-refractivity contribution is 9.10. The van der Waals surface area contributed by atoms with Gasteiger partial charge in [-0.2, -0.15) is 0 Å². The van der Waals surface area contributed by atoms with Gasteiger partial charge in [0.05, 0.1) is 10.2 Å². The van der Waals surface area contributed by atoms with Gasteiger partial charge in [-0.25, -0.2) is 0 Å². The number of anilines is 1. The first-order valence-corrected chi connectivity index (χ1v) is 7.94. The first kappa shape index (κ1) is 15.9. The van der Waals surface area contributed by atoms with E-state index in [1.807, 2.05) is 0 Å². The summed E-state index contributed by atoms with van der Waals surface area (Å²) in [5.41, 5.74) is 0.436. The minimum Gasteiger partial charge on any atom is -0.464 e. The molecule has 2 amide bonds. The Morgan fingerprint density at radius 1 is 1.26 bits per heavy atom. The number of halogens is 2. The van der Waals surface area contributed by atoms with Crippen molar-refractivity contribution in [3.05, 3.63) is 57.4 Å². The van der Waals surface area contributed by atoms with Crippen LogP contribution >= 0.6 is 39.7 Å². The van der Waals surface area contributed by atoms with Crippen LogP contribution in [0.5, 0.6) is 0 Å². The van der Waals surface area contributed by atoms with Crippen molar-refractivity contribution < 1.29 is 14.0 Å². The molecule has 8 heteroatoms. The number of rotatable bonds is 2. The van der Waals surface area contributed by atoms with Gasteiger partial charge in [0.2, 0.25) is 0 Å². The minimum atomic E-state index is -0.572. The SMILES string of the molecule is O=C1NC(=S)N(c2ccc(Cl)cc2)C(=O)/C1=C/c1cc(Br)co1. The van der Waals surface area contributed by atoms with Gasteiger partial charge < -0.3 is 4.42 Å². The highest BCUT2D eigenvalue weighted by Gasteiger charge is 2.34.